The van der Waals surface area contributed by atoms with Crippen LogP contribution in [0.5, 0.6) is 11.5 Å². The molecule has 0 fully saturated rings. The molecule has 1 heterocycles. The molecule has 0 unspecified atom stereocenters. The molecule has 1 aliphatic rings. The second-order valence-corrected chi connectivity index (χ2v) is 6.19. The molecule has 7 heteroatoms. The molecule has 1 N–H and O–H groups in total. The van der Waals surface area contributed by atoms with Crippen molar-refractivity contribution >= 4 is 34.8 Å². The fourth-order valence-electron chi connectivity index (χ4n) is 2.90. The molecule has 2 aromatic rings. The number of hydrogen-bond acceptors (Lipinski definition) is 5. The molecule has 0 spiro atoms. The molecule has 0 saturated heterocycles. The Morgan fingerprint density at radius 2 is 1.78 bits per heavy atom. The van der Waals surface area contributed by atoms with Gasteiger partial charge >= 0.3 is 0 Å². The number of ether oxygens (including phenoxy) is 2. The Morgan fingerprint density at radius 3 is 2.44 bits per heavy atom. The van der Waals surface area contributed by atoms with Gasteiger partial charge in [0.1, 0.15) is 22.2 Å². The summed E-state index contributed by atoms with van der Waals surface area (Å²) in [5.74, 6) is -0.0249. The van der Waals surface area contributed by atoms with Crippen molar-refractivity contribution in [1.29, 1.82) is 0 Å². The summed E-state index contributed by atoms with van der Waals surface area (Å²) in [6.45, 7) is 1.96. The van der Waals surface area contributed by atoms with E-state index in [4.69, 9.17) is 21.1 Å². The highest BCUT2D eigenvalue weighted by Crippen LogP contribution is 2.35. The van der Waals surface area contributed by atoms with Gasteiger partial charge in [0, 0.05) is 6.07 Å². The van der Waals surface area contributed by atoms with Gasteiger partial charge in [-0.05, 0) is 30.2 Å². The van der Waals surface area contributed by atoms with E-state index >= 15 is 0 Å². The minimum absolute atomic E-state index is 0.000809. The number of nitrogens with one attached hydrogen (secondary N) is 1. The quantitative estimate of drug-likeness (QED) is 0.766. The average molecular weight is 387 g/mol. The van der Waals surface area contributed by atoms with Gasteiger partial charge < -0.3 is 14.8 Å². The SMILES string of the molecule is CCc1ccccc1N1C(=O)C(Cl)=C(Nc2cc(OC)ccc2OC)C1=O. The van der Waals surface area contributed by atoms with Gasteiger partial charge in [-0.2, -0.15) is 0 Å². The standard InChI is InChI=1S/C20H19ClN2O4/c1-4-12-7-5-6-8-15(12)23-19(24)17(21)18(20(23)25)22-14-11-13(26-2)9-10-16(14)27-3/h5-11,22H,4H2,1-3H3. The first-order valence-corrected chi connectivity index (χ1v) is 8.75. The number of imide groups is 1. The van der Waals surface area contributed by atoms with Gasteiger partial charge in [0.25, 0.3) is 11.8 Å². The number of carbonyl (C=O) groups is 2. The van der Waals surface area contributed by atoms with Crippen LogP contribution in [0.4, 0.5) is 11.4 Å². The topological polar surface area (TPSA) is 67.9 Å². The number of aryl methyl sites for hydroxylation is 1. The average Bonchev–Trinajstić information content (AvgIpc) is 2.91. The van der Waals surface area contributed by atoms with Crippen LogP contribution in [0.2, 0.25) is 0 Å². The number of carbonyl (C=O) groups excluding carboxylic acids is 2. The lowest BCUT2D eigenvalue weighted by atomic mass is 10.1. The van der Waals surface area contributed by atoms with Crippen molar-refractivity contribution in [2.75, 3.05) is 24.4 Å². The first-order chi connectivity index (χ1) is 13.0. The molecule has 1 aliphatic heterocycles. The molecule has 2 amide bonds. The Labute approximate surface area is 162 Å². The van der Waals surface area contributed by atoms with Crippen molar-refractivity contribution in [2.24, 2.45) is 0 Å². The normalized spacial score (nSPS) is 14.0. The Hall–Kier alpha value is -2.99. The van der Waals surface area contributed by atoms with Gasteiger partial charge in [0.05, 0.1) is 25.6 Å². The molecule has 140 valence electrons. The second-order valence-electron chi connectivity index (χ2n) is 5.81. The summed E-state index contributed by atoms with van der Waals surface area (Å²) in [6.07, 6.45) is 0.678. The zero-order valence-electron chi connectivity index (χ0n) is 15.2. The van der Waals surface area contributed by atoms with E-state index in [1.807, 2.05) is 19.1 Å². The lowest BCUT2D eigenvalue weighted by molar-refractivity contribution is -0.120. The number of benzene rings is 2. The summed E-state index contributed by atoms with van der Waals surface area (Å²) in [6, 6.07) is 12.3. The van der Waals surface area contributed by atoms with Crippen molar-refractivity contribution in [3.8, 4) is 11.5 Å². The molecule has 27 heavy (non-hydrogen) atoms. The van der Waals surface area contributed by atoms with Crippen molar-refractivity contribution in [1.82, 2.24) is 0 Å². The predicted octanol–water partition coefficient (Wildman–Crippen LogP) is 3.70. The summed E-state index contributed by atoms with van der Waals surface area (Å²) >= 11 is 6.22. The maximum Gasteiger partial charge on any atom is 0.283 e. The minimum atomic E-state index is -0.563. The highest BCUT2D eigenvalue weighted by atomic mass is 35.5. The number of methoxy groups -OCH3 is 2. The van der Waals surface area contributed by atoms with Crippen molar-refractivity contribution in [3.63, 3.8) is 0 Å². The van der Waals surface area contributed by atoms with E-state index in [2.05, 4.69) is 5.32 Å². The smallest absolute Gasteiger partial charge is 0.283 e. The number of rotatable bonds is 6. The van der Waals surface area contributed by atoms with Crippen LogP contribution in [0.1, 0.15) is 12.5 Å². The number of amides is 2. The van der Waals surface area contributed by atoms with E-state index in [1.54, 1.807) is 30.3 Å². The maximum absolute atomic E-state index is 13.0. The number of nitrogens with zero attached hydrogens (tertiary/aromatic N) is 1. The van der Waals surface area contributed by atoms with E-state index in [0.29, 0.717) is 29.3 Å². The van der Waals surface area contributed by atoms with Gasteiger partial charge in [-0.15, -0.1) is 0 Å². The van der Waals surface area contributed by atoms with Gasteiger partial charge in [-0.25, -0.2) is 4.90 Å². The Morgan fingerprint density at radius 1 is 1.04 bits per heavy atom. The van der Waals surface area contributed by atoms with E-state index in [0.717, 1.165) is 10.5 Å². The monoisotopic (exact) mass is 386 g/mol. The van der Waals surface area contributed by atoms with Crippen molar-refractivity contribution < 1.29 is 19.1 Å². The molecule has 0 aliphatic carbocycles. The Balaban J connectivity index is 1.98. The molecule has 0 saturated carbocycles. The van der Waals surface area contributed by atoms with E-state index in [-0.39, 0.29) is 10.7 Å². The summed E-state index contributed by atoms with van der Waals surface area (Å²) in [7, 11) is 3.04. The highest BCUT2D eigenvalue weighted by molar-refractivity contribution is 6.53. The molecular formula is C20H19ClN2O4. The maximum atomic E-state index is 13.0. The zero-order valence-corrected chi connectivity index (χ0v) is 16.0. The minimum Gasteiger partial charge on any atom is -0.497 e. The van der Waals surface area contributed by atoms with E-state index < -0.39 is 11.8 Å². The number of hydrogen-bond donors (Lipinski definition) is 1. The second kappa shape index (κ2) is 7.72. The van der Waals surface area contributed by atoms with Crippen LogP contribution in [-0.2, 0) is 16.0 Å². The van der Waals surface area contributed by atoms with Crippen molar-refractivity contribution in [2.45, 2.75) is 13.3 Å². The molecular weight excluding hydrogens is 368 g/mol. The van der Waals surface area contributed by atoms with Crippen LogP contribution in [-0.4, -0.2) is 26.0 Å². The van der Waals surface area contributed by atoms with Crippen LogP contribution in [0.15, 0.2) is 53.2 Å². The third-order valence-electron chi connectivity index (χ3n) is 4.31. The third kappa shape index (κ3) is 3.36. The van der Waals surface area contributed by atoms with Crippen LogP contribution in [0.25, 0.3) is 0 Å². The van der Waals surface area contributed by atoms with Crippen molar-refractivity contribution in [3.05, 3.63) is 58.8 Å². The van der Waals surface area contributed by atoms with Gasteiger partial charge in [-0.3, -0.25) is 9.59 Å². The fourth-order valence-corrected chi connectivity index (χ4v) is 3.12. The third-order valence-corrected chi connectivity index (χ3v) is 4.66. The lowest BCUT2D eigenvalue weighted by Gasteiger charge is -2.18. The number of anilines is 2. The lowest BCUT2D eigenvalue weighted by Crippen LogP contribution is -2.33. The summed E-state index contributed by atoms with van der Waals surface area (Å²) in [4.78, 5) is 26.8. The molecule has 0 atom stereocenters. The van der Waals surface area contributed by atoms with E-state index in [1.165, 1.54) is 14.2 Å². The fraction of sp³-hybridized carbons (Fsp3) is 0.200. The molecule has 3 rings (SSSR count). The molecule has 0 radical (unpaired) electrons. The van der Waals surface area contributed by atoms with Crippen LogP contribution >= 0.6 is 11.6 Å². The Kier molecular flexibility index (Phi) is 5.37. The van der Waals surface area contributed by atoms with Crippen LogP contribution in [0, 0.1) is 0 Å². The predicted molar refractivity (Wildman–Crippen MR) is 104 cm³/mol. The first kappa shape index (κ1) is 18.8. The summed E-state index contributed by atoms with van der Waals surface area (Å²) in [5, 5.41) is 2.76. The van der Waals surface area contributed by atoms with Gasteiger partial charge in [0.2, 0.25) is 0 Å². The Bertz CT molecular complexity index is 939. The molecule has 0 aromatic heterocycles. The van der Waals surface area contributed by atoms with E-state index in [9.17, 15) is 9.59 Å². The van der Waals surface area contributed by atoms with Crippen LogP contribution < -0.4 is 19.7 Å². The number of halogens is 1. The summed E-state index contributed by atoms with van der Waals surface area (Å²) in [5.41, 5.74) is 1.88. The molecule has 0 bridgehead atoms. The molecule has 6 nitrogen and oxygen atoms in total. The van der Waals surface area contributed by atoms with Crippen LogP contribution in [0.3, 0.4) is 0 Å². The highest BCUT2D eigenvalue weighted by Gasteiger charge is 2.39. The largest absolute Gasteiger partial charge is 0.497 e. The molecule has 2 aromatic carbocycles. The number of para-hydroxylation sites is 1. The first-order valence-electron chi connectivity index (χ1n) is 8.37. The van der Waals surface area contributed by atoms with Gasteiger partial charge in [0.15, 0.2) is 0 Å². The van der Waals surface area contributed by atoms with Gasteiger partial charge in [-0.1, -0.05) is 36.7 Å². The summed E-state index contributed by atoms with van der Waals surface area (Å²) < 4.78 is 10.5. The zero-order chi connectivity index (χ0) is 19.6.